The number of hydrazone groups is 1. The van der Waals surface area contributed by atoms with Crippen molar-refractivity contribution in [3.05, 3.63) is 89.8 Å². The van der Waals surface area contributed by atoms with Crippen LogP contribution in [-0.2, 0) is 11.5 Å². The number of hydrogen-bond donors (Lipinski definition) is 3. The van der Waals surface area contributed by atoms with Crippen LogP contribution in [0.2, 0.25) is 0 Å². The van der Waals surface area contributed by atoms with E-state index in [1.54, 1.807) is 30.3 Å². The number of alkyl halides is 2. The van der Waals surface area contributed by atoms with E-state index in [1.165, 1.54) is 6.07 Å². The highest BCUT2D eigenvalue weighted by atomic mass is 19.3. The minimum Gasteiger partial charge on any atom is -0.456 e. The van der Waals surface area contributed by atoms with E-state index in [0.29, 0.717) is 22.9 Å². The van der Waals surface area contributed by atoms with E-state index in [-0.39, 0.29) is 5.75 Å². The molecule has 168 valence electrons. The summed E-state index contributed by atoms with van der Waals surface area (Å²) in [6.45, 7) is -1.05. The molecule has 5 N–H and O–H groups in total. The first kappa shape index (κ1) is 23.0. The topological polar surface area (TPSA) is 110 Å². The normalized spacial score (nSPS) is 13.7. The van der Waals surface area contributed by atoms with Crippen LogP contribution in [0.4, 0.5) is 17.6 Å². The molecule has 0 fully saturated rings. The zero-order valence-corrected chi connectivity index (χ0v) is 16.5. The SMILES string of the molecule is NN=CN(N)CC(O)(c1ccc(F)cc1F)C(F)(F)c1ccc(Oc2ccccc2)cn1. The molecular formula is C21H19F4N5O2. The van der Waals surface area contributed by atoms with Gasteiger partial charge in [0.05, 0.1) is 12.7 Å². The molecule has 0 spiro atoms. The highest BCUT2D eigenvalue weighted by molar-refractivity contribution is 5.53. The van der Waals surface area contributed by atoms with Crippen molar-refractivity contribution < 1.29 is 27.4 Å². The Bertz CT molecular complexity index is 1080. The van der Waals surface area contributed by atoms with Crippen LogP contribution in [-0.4, -0.2) is 28.0 Å². The lowest BCUT2D eigenvalue weighted by molar-refractivity contribution is -0.203. The van der Waals surface area contributed by atoms with Crippen molar-refractivity contribution in [1.82, 2.24) is 9.99 Å². The van der Waals surface area contributed by atoms with Crippen molar-refractivity contribution in [3.63, 3.8) is 0 Å². The Morgan fingerprint density at radius 2 is 1.78 bits per heavy atom. The molecule has 1 aromatic heterocycles. The Morgan fingerprint density at radius 1 is 1.06 bits per heavy atom. The molecule has 0 bridgehead atoms. The molecule has 11 heteroatoms. The summed E-state index contributed by atoms with van der Waals surface area (Å²) < 4.78 is 64.4. The van der Waals surface area contributed by atoms with Crippen molar-refractivity contribution in [2.75, 3.05) is 6.54 Å². The van der Waals surface area contributed by atoms with Crippen LogP contribution < -0.4 is 16.4 Å². The quantitative estimate of drug-likeness (QED) is 0.160. The molecule has 0 aliphatic carbocycles. The van der Waals surface area contributed by atoms with E-state index in [2.05, 4.69) is 10.1 Å². The van der Waals surface area contributed by atoms with Gasteiger partial charge in [-0.25, -0.2) is 14.6 Å². The van der Waals surface area contributed by atoms with Gasteiger partial charge < -0.3 is 15.7 Å². The Kier molecular flexibility index (Phi) is 6.61. The lowest BCUT2D eigenvalue weighted by Crippen LogP contribution is -2.53. The summed E-state index contributed by atoms with van der Waals surface area (Å²) in [5, 5.41) is 14.7. The standard InChI is InChI=1S/C21H19F4N5O2/c22-14-6-8-17(18(23)10-14)20(31,12-30(27)13-29-26)21(24,25)19-9-7-16(11-28-19)32-15-4-2-1-3-5-15/h1-11,13,31H,12,26-27H2. The lowest BCUT2D eigenvalue weighted by Gasteiger charge is -2.37. The number of hydrogen-bond acceptors (Lipinski definition) is 6. The minimum atomic E-state index is -4.18. The summed E-state index contributed by atoms with van der Waals surface area (Å²) in [4.78, 5) is 3.69. The maximum Gasteiger partial charge on any atom is 0.323 e. The van der Waals surface area contributed by atoms with Crippen LogP contribution in [0.3, 0.4) is 0 Å². The molecule has 7 nitrogen and oxygen atoms in total. The Morgan fingerprint density at radius 3 is 2.38 bits per heavy atom. The Labute approximate surface area is 180 Å². The van der Waals surface area contributed by atoms with Gasteiger partial charge in [0.15, 0.2) is 5.60 Å². The average Bonchev–Trinajstić information content (AvgIpc) is 2.74. The van der Waals surface area contributed by atoms with Gasteiger partial charge in [0.1, 0.15) is 35.2 Å². The molecule has 0 saturated carbocycles. The van der Waals surface area contributed by atoms with Crippen LogP contribution in [0, 0.1) is 11.6 Å². The van der Waals surface area contributed by atoms with Crippen molar-refractivity contribution in [2.45, 2.75) is 11.5 Å². The maximum absolute atomic E-state index is 15.6. The molecule has 1 unspecified atom stereocenters. The van der Waals surface area contributed by atoms with E-state index in [9.17, 15) is 13.9 Å². The van der Waals surface area contributed by atoms with Gasteiger partial charge in [-0.2, -0.15) is 13.9 Å². The highest BCUT2D eigenvalue weighted by Crippen LogP contribution is 2.46. The zero-order valence-electron chi connectivity index (χ0n) is 16.5. The van der Waals surface area contributed by atoms with E-state index in [1.807, 2.05) is 0 Å². The minimum absolute atomic E-state index is 0.156. The third-order valence-electron chi connectivity index (χ3n) is 4.56. The van der Waals surface area contributed by atoms with Gasteiger partial charge in [0.2, 0.25) is 0 Å². The van der Waals surface area contributed by atoms with Gasteiger partial charge in [-0.3, -0.25) is 9.99 Å². The Balaban J connectivity index is 2.00. The fourth-order valence-corrected chi connectivity index (χ4v) is 3.03. The molecule has 0 radical (unpaired) electrons. The molecule has 0 aliphatic heterocycles. The summed E-state index contributed by atoms with van der Waals surface area (Å²) in [5.41, 5.74) is -5.06. The fourth-order valence-electron chi connectivity index (χ4n) is 3.03. The zero-order chi connectivity index (χ0) is 23.4. The number of aliphatic hydroxyl groups is 1. The van der Waals surface area contributed by atoms with Crippen molar-refractivity contribution >= 4 is 6.34 Å². The molecular weight excluding hydrogens is 430 g/mol. The lowest BCUT2D eigenvalue weighted by atomic mass is 9.84. The summed E-state index contributed by atoms with van der Waals surface area (Å²) in [6.07, 6.45) is 1.78. The van der Waals surface area contributed by atoms with Crippen molar-refractivity contribution in [2.24, 2.45) is 16.8 Å². The molecule has 2 aromatic carbocycles. The summed E-state index contributed by atoms with van der Waals surface area (Å²) in [6, 6.07) is 12.5. The van der Waals surface area contributed by atoms with E-state index >= 15 is 8.78 Å². The van der Waals surface area contributed by atoms with E-state index in [4.69, 9.17) is 16.4 Å². The number of aromatic nitrogens is 1. The number of halogens is 4. The van der Waals surface area contributed by atoms with Crippen LogP contribution in [0.15, 0.2) is 72.0 Å². The first-order valence-electron chi connectivity index (χ1n) is 9.17. The first-order valence-corrected chi connectivity index (χ1v) is 9.17. The smallest absolute Gasteiger partial charge is 0.323 e. The van der Waals surface area contributed by atoms with Gasteiger partial charge in [0.25, 0.3) is 0 Å². The summed E-state index contributed by atoms with van der Waals surface area (Å²) in [7, 11) is 0. The number of pyridine rings is 1. The predicted molar refractivity (Wildman–Crippen MR) is 108 cm³/mol. The molecule has 0 aliphatic rings. The number of ether oxygens (including phenoxy) is 1. The summed E-state index contributed by atoms with van der Waals surface area (Å²) >= 11 is 0. The van der Waals surface area contributed by atoms with Crippen molar-refractivity contribution in [3.8, 4) is 11.5 Å². The third kappa shape index (κ3) is 4.63. The molecule has 1 atom stereocenters. The third-order valence-corrected chi connectivity index (χ3v) is 4.56. The molecule has 0 amide bonds. The number of para-hydroxylation sites is 1. The van der Waals surface area contributed by atoms with Gasteiger partial charge in [0, 0.05) is 11.6 Å². The average molecular weight is 449 g/mol. The number of benzene rings is 2. The maximum atomic E-state index is 15.6. The largest absolute Gasteiger partial charge is 0.456 e. The highest BCUT2D eigenvalue weighted by Gasteiger charge is 2.58. The van der Waals surface area contributed by atoms with Gasteiger partial charge >= 0.3 is 5.92 Å². The molecule has 3 aromatic rings. The second kappa shape index (κ2) is 9.20. The molecule has 32 heavy (non-hydrogen) atoms. The number of nitrogens with two attached hydrogens (primary N) is 2. The Hall–Kier alpha value is -3.70. The van der Waals surface area contributed by atoms with E-state index in [0.717, 1.165) is 24.7 Å². The van der Waals surface area contributed by atoms with Crippen LogP contribution in [0.25, 0.3) is 0 Å². The fraction of sp³-hybridized carbons (Fsp3) is 0.143. The number of rotatable bonds is 8. The molecule has 3 rings (SSSR count). The van der Waals surface area contributed by atoms with E-state index < -0.39 is 41.0 Å². The number of hydrazine groups is 1. The van der Waals surface area contributed by atoms with Crippen molar-refractivity contribution in [1.29, 1.82) is 0 Å². The van der Waals surface area contributed by atoms with Gasteiger partial charge in [-0.15, -0.1) is 0 Å². The van der Waals surface area contributed by atoms with Crippen LogP contribution >= 0.6 is 0 Å². The van der Waals surface area contributed by atoms with Crippen LogP contribution in [0.1, 0.15) is 11.3 Å². The summed E-state index contributed by atoms with van der Waals surface area (Å²) in [5.74, 6) is 4.54. The second-order valence-electron chi connectivity index (χ2n) is 6.79. The molecule has 1 heterocycles. The predicted octanol–water partition coefficient (Wildman–Crippen LogP) is 3.21. The van der Waals surface area contributed by atoms with Gasteiger partial charge in [-0.1, -0.05) is 18.2 Å². The molecule has 0 saturated heterocycles. The van der Waals surface area contributed by atoms with Crippen LogP contribution in [0.5, 0.6) is 11.5 Å². The first-order chi connectivity index (χ1) is 15.2. The van der Waals surface area contributed by atoms with Gasteiger partial charge in [-0.05, 0) is 36.4 Å². The number of nitrogens with zero attached hydrogens (tertiary/aromatic N) is 3. The second-order valence-corrected chi connectivity index (χ2v) is 6.79. The monoisotopic (exact) mass is 449 g/mol.